The zero-order valence-corrected chi connectivity index (χ0v) is 15.9. The number of nitrogens with one attached hydrogen (secondary N) is 2. The number of aromatic carboxylic acids is 1. The maximum Gasteiger partial charge on any atom is 0.337 e. The molecule has 0 saturated carbocycles. The Balaban J connectivity index is 1.71. The van der Waals surface area contributed by atoms with Crippen LogP contribution in [0.5, 0.6) is 0 Å². The van der Waals surface area contributed by atoms with Crippen LogP contribution < -0.4 is 10.6 Å². The summed E-state index contributed by atoms with van der Waals surface area (Å²) in [7, 11) is 0. The van der Waals surface area contributed by atoms with Crippen LogP contribution in [0.2, 0.25) is 5.02 Å². The van der Waals surface area contributed by atoms with Crippen molar-refractivity contribution in [2.75, 3.05) is 10.6 Å². The molecular weight excluding hydrogens is 380 g/mol. The normalized spacial score (nSPS) is 10.4. The first kappa shape index (κ1) is 19.3. The number of carboxylic acid groups (broad SMARTS) is 1. The summed E-state index contributed by atoms with van der Waals surface area (Å²) >= 11 is 5.84. The number of hydrogen-bond donors (Lipinski definition) is 3. The Morgan fingerprint density at radius 2 is 1.54 bits per heavy atom. The van der Waals surface area contributed by atoms with E-state index in [0.29, 0.717) is 17.2 Å². The summed E-state index contributed by atoms with van der Waals surface area (Å²) in [6.45, 7) is 3.78. The maximum atomic E-state index is 12.4. The lowest BCUT2D eigenvalue weighted by Gasteiger charge is -2.09. The lowest BCUT2D eigenvalue weighted by atomic mass is 10.1. The number of carboxylic acids is 1. The van der Waals surface area contributed by atoms with E-state index in [0.717, 1.165) is 17.1 Å². The highest BCUT2D eigenvalue weighted by molar-refractivity contribution is 6.33. The Kier molecular flexibility index (Phi) is 5.56. The Labute approximate surface area is 166 Å². The van der Waals surface area contributed by atoms with Crippen molar-refractivity contribution in [3.63, 3.8) is 0 Å². The van der Waals surface area contributed by atoms with Crippen LogP contribution in [0.25, 0.3) is 0 Å². The average molecular weight is 397 g/mol. The van der Waals surface area contributed by atoms with Gasteiger partial charge in [0.1, 0.15) is 0 Å². The Hall–Kier alpha value is -3.45. The van der Waals surface area contributed by atoms with Gasteiger partial charge in [0, 0.05) is 28.3 Å². The molecule has 0 unspecified atom stereocenters. The number of carbonyl (C=O) groups is 2. The minimum atomic E-state index is -1.16. The number of rotatable bonds is 5. The predicted molar refractivity (Wildman–Crippen MR) is 108 cm³/mol. The minimum absolute atomic E-state index is 0.0764. The van der Waals surface area contributed by atoms with Crippen LogP contribution in [-0.4, -0.2) is 27.0 Å². The largest absolute Gasteiger partial charge is 0.478 e. The third kappa shape index (κ3) is 4.63. The predicted octanol–water partition coefficient (Wildman–Crippen LogP) is 4.44. The molecule has 0 aliphatic carbocycles. The van der Waals surface area contributed by atoms with Crippen LogP contribution in [0.1, 0.15) is 32.1 Å². The van der Waals surface area contributed by atoms with Crippen LogP contribution in [0.15, 0.2) is 48.5 Å². The first-order valence-electron chi connectivity index (χ1n) is 8.35. The molecule has 3 rings (SSSR count). The van der Waals surface area contributed by atoms with Crippen molar-refractivity contribution in [2.45, 2.75) is 13.8 Å². The highest BCUT2D eigenvalue weighted by Gasteiger charge is 2.12. The summed E-state index contributed by atoms with van der Waals surface area (Å²) in [5.74, 6) is -1.05. The number of hydrogen-bond acceptors (Lipinski definition) is 5. The van der Waals surface area contributed by atoms with Crippen LogP contribution in [0, 0.1) is 13.8 Å². The average Bonchev–Trinajstić information content (AvgIpc) is 2.62. The molecule has 0 fully saturated rings. The van der Waals surface area contributed by atoms with Gasteiger partial charge >= 0.3 is 5.97 Å². The van der Waals surface area contributed by atoms with E-state index in [-0.39, 0.29) is 16.5 Å². The molecule has 1 aromatic heterocycles. The van der Waals surface area contributed by atoms with E-state index in [2.05, 4.69) is 20.6 Å². The molecule has 0 atom stereocenters. The van der Waals surface area contributed by atoms with Crippen molar-refractivity contribution in [1.29, 1.82) is 0 Å². The minimum Gasteiger partial charge on any atom is -0.478 e. The van der Waals surface area contributed by atoms with E-state index >= 15 is 0 Å². The Morgan fingerprint density at radius 3 is 2.14 bits per heavy atom. The number of nitrogens with zero attached hydrogens (tertiary/aromatic N) is 2. The van der Waals surface area contributed by atoms with Gasteiger partial charge in [-0.1, -0.05) is 11.6 Å². The molecule has 7 nitrogen and oxygen atoms in total. The summed E-state index contributed by atoms with van der Waals surface area (Å²) < 4.78 is 0. The molecule has 2 aromatic carbocycles. The van der Waals surface area contributed by atoms with E-state index < -0.39 is 5.97 Å². The molecule has 3 N–H and O–H groups in total. The number of amides is 1. The van der Waals surface area contributed by atoms with E-state index in [1.54, 1.807) is 30.3 Å². The van der Waals surface area contributed by atoms with Crippen LogP contribution in [0.3, 0.4) is 0 Å². The molecule has 0 spiro atoms. The van der Waals surface area contributed by atoms with Gasteiger partial charge in [-0.15, -0.1) is 0 Å². The van der Waals surface area contributed by atoms with Crippen LogP contribution in [-0.2, 0) is 0 Å². The highest BCUT2D eigenvalue weighted by Crippen LogP contribution is 2.21. The van der Waals surface area contributed by atoms with Crippen molar-refractivity contribution < 1.29 is 14.7 Å². The number of aromatic nitrogens is 2. The van der Waals surface area contributed by atoms with Gasteiger partial charge < -0.3 is 15.7 Å². The van der Waals surface area contributed by atoms with E-state index in [1.165, 1.54) is 12.1 Å². The van der Waals surface area contributed by atoms with Gasteiger partial charge in [-0.3, -0.25) is 4.79 Å². The zero-order valence-electron chi connectivity index (χ0n) is 15.2. The Morgan fingerprint density at radius 1 is 0.929 bits per heavy atom. The van der Waals surface area contributed by atoms with Gasteiger partial charge in [0.15, 0.2) is 0 Å². The second kappa shape index (κ2) is 8.06. The summed E-state index contributed by atoms with van der Waals surface area (Å²) in [6, 6.07) is 12.9. The van der Waals surface area contributed by atoms with Crippen molar-refractivity contribution in [1.82, 2.24) is 9.97 Å². The molecule has 1 heterocycles. The third-order valence-corrected chi connectivity index (χ3v) is 4.17. The topological polar surface area (TPSA) is 104 Å². The zero-order chi connectivity index (χ0) is 20.3. The van der Waals surface area contributed by atoms with Crippen molar-refractivity contribution in [2.24, 2.45) is 0 Å². The molecule has 3 aromatic rings. The second-order valence-electron chi connectivity index (χ2n) is 6.13. The molecule has 28 heavy (non-hydrogen) atoms. The number of carbonyl (C=O) groups excluding carboxylic acids is 1. The molecule has 142 valence electrons. The van der Waals surface area contributed by atoms with Crippen molar-refractivity contribution in [3.05, 3.63) is 76.1 Å². The first-order valence-corrected chi connectivity index (χ1v) is 8.73. The van der Waals surface area contributed by atoms with Gasteiger partial charge in [0.25, 0.3) is 5.91 Å². The van der Waals surface area contributed by atoms with E-state index in [4.69, 9.17) is 16.7 Å². The van der Waals surface area contributed by atoms with E-state index in [1.807, 2.05) is 19.9 Å². The van der Waals surface area contributed by atoms with Gasteiger partial charge in [-0.05, 0) is 62.4 Å². The molecule has 0 aliphatic rings. The molecule has 1 amide bonds. The number of aryl methyl sites for hydroxylation is 2. The molecule has 0 aliphatic heterocycles. The molecule has 0 saturated heterocycles. The van der Waals surface area contributed by atoms with Crippen molar-refractivity contribution >= 4 is 40.8 Å². The summed E-state index contributed by atoms with van der Waals surface area (Å²) in [5.41, 5.74) is 3.13. The quantitative estimate of drug-likeness (QED) is 0.588. The highest BCUT2D eigenvalue weighted by atomic mass is 35.5. The lowest BCUT2D eigenvalue weighted by molar-refractivity contribution is 0.0696. The molecular formula is C20H17ClN4O3. The number of benzene rings is 2. The standard InChI is InChI=1S/C20H17ClN4O3/c1-11-9-12(2)23-20(22-11)25-14-5-3-13(4-6-14)18(26)24-15-7-8-17(21)16(10-15)19(27)28/h3-10H,1-2H3,(H,24,26)(H,27,28)(H,22,23,25). The second-order valence-corrected chi connectivity index (χ2v) is 6.54. The summed E-state index contributed by atoms with van der Waals surface area (Å²) in [4.78, 5) is 32.2. The summed E-state index contributed by atoms with van der Waals surface area (Å²) in [5, 5.41) is 15.0. The monoisotopic (exact) mass is 396 g/mol. The lowest BCUT2D eigenvalue weighted by Crippen LogP contribution is -2.12. The maximum absolute atomic E-state index is 12.4. The number of anilines is 3. The number of halogens is 1. The fourth-order valence-electron chi connectivity index (χ4n) is 2.59. The van der Waals surface area contributed by atoms with Crippen LogP contribution in [0.4, 0.5) is 17.3 Å². The van der Waals surface area contributed by atoms with Crippen molar-refractivity contribution in [3.8, 4) is 0 Å². The van der Waals surface area contributed by atoms with Gasteiger partial charge in [0.2, 0.25) is 5.95 Å². The smallest absolute Gasteiger partial charge is 0.337 e. The summed E-state index contributed by atoms with van der Waals surface area (Å²) in [6.07, 6.45) is 0. The van der Waals surface area contributed by atoms with Crippen LogP contribution >= 0.6 is 11.6 Å². The molecule has 0 radical (unpaired) electrons. The fourth-order valence-corrected chi connectivity index (χ4v) is 2.78. The first-order chi connectivity index (χ1) is 13.3. The third-order valence-electron chi connectivity index (χ3n) is 3.84. The van der Waals surface area contributed by atoms with Gasteiger partial charge in [-0.25, -0.2) is 14.8 Å². The SMILES string of the molecule is Cc1cc(C)nc(Nc2ccc(C(=O)Nc3ccc(Cl)c(C(=O)O)c3)cc2)n1. The van der Waals surface area contributed by atoms with Gasteiger partial charge in [-0.2, -0.15) is 0 Å². The molecule has 0 bridgehead atoms. The fraction of sp³-hybridized carbons (Fsp3) is 0.100. The Bertz CT molecular complexity index is 1030. The van der Waals surface area contributed by atoms with Gasteiger partial charge in [0.05, 0.1) is 10.6 Å². The van der Waals surface area contributed by atoms with E-state index in [9.17, 15) is 9.59 Å². The molecule has 8 heteroatoms.